The molecule has 0 fully saturated rings. The van der Waals surface area contributed by atoms with E-state index in [-0.39, 0.29) is 5.91 Å². The number of aromatic nitrogens is 3. The van der Waals surface area contributed by atoms with Crippen molar-refractivity contribution >= 4 is 29.0 Å². The lowest BCUT2D eigenvalue weighted by Gasteiger charge is -2.16. The monoisotopic (exact) mass is 314 g/mol. The van der Waals surface area contributed by atoms with Gasteiger partial charge < -0.3 is 15.5 Å². The molecular weight excluding hydrogens is 292 g/mol. The second-order valence-electron chi connectivity index (χ2n) is 5.30. The molecule has 2 rings (SSSR count). The number of unbranched alkanes of at least 4 members (excludes halogenated alkanes) is 1. The minimum Gasteiger partial charge on any atom is -0.343 e. The van der Waals surface area contributed by atoms with Crippen molar-refractivity contribution in [2.24, 2.45) is 0 Å². The van der Waals surface area contributed by atoms with Crippen LogP contribution in [0.15, 0.2) is 30.5 Å². The van der Waals surface area contributed by atoms with Crippen LogP contribution in [0.1, 0.15) is 26.7 Å². The number of carbonyl (C=O) groups excluding carboxylic acids is 1. The zero-order valence-electron chi connectivity index (χ0n) is 13.7. The number of anilines is 4. The lowest BCUT2D eigenvalue weighted by molar-refractivity contribution is -0.114. The van der Waals surface area contributed by atoms with Gasteiger partial charge in [-0.2, -0.15) is 10.1 Å². The topological polar surface area (TPSA) is 83.0 Å². The first-order chi connectivity index (χ1) is 11.1. The number of nitrogens with zero attached hydrogens (tertiary/aromatic N) is 4. The van der Waals surface area contributed by atoms with Gasteiger partial charge in [-0.05, 0) is 30.7 Å². The highest BCUT2D eigenvalue weighted by atomic mass is 16.1. The van der Waals surface area contributed by atoms with E-state index in [0.29, 0.717) is 11.8 Å². The molecule has 23 heavy (non-hydrogen) atoms. The third kappa shape index (κ3) is 5.21. The van der Waals surface area contributed by atoms with Gasteiger partial charge in [0.1, 0.15) is 0 Å². The van der Waals surface area contributed by atoms with Crippen LogP contribution < -0.4 is 15.5 Å². The molecule has 7 nitrogen and oxygen atoms in total. The lowest BCUT2D eigenvalue weighted by atomic mass is 10.3. The standard InChI is InChI=1S/C16H22N6O/c1-4-5-10-22(3)16-20-15(11-17-21-16)19-14-8-6-13(7-9-14)18-12(2)23/h6-9,11H,4-5,10H2,1-3H3,(H,18,23)(H,19,20,21). The fourth-order valence-electron chi connectivity index (χ4n) is 2.00. The van der Waals surface area contributed by atoms with Crippen LogP contribution >= 0.6 is 0 Å². The maximum Gasteiger partial charge on any atom is 0.247 e. The smallest absolute Gasteiger partial charge is 0.247 e. The summed E-state index contributed by atoms with van der Waals surface area (Å²) in [6.45, 7) is 4.53. The van der Waals surface area contributed by atoms with Crippen LogP contribution in [0.5, 0.6) is 0 Å². The quantitative estimate of drug-likeness (QED) is 0.817. The molecular formula is C16H22N6O. The Kier molecular flexibility index (Phi) is 5.85. The van der Waals surface area contributed by atoms with Crippen molar-refractivity contribution in [3.8, 4) is 0 Å². The highest BCUT2D eigenvalue weighted by molar-refractivity contribution is 5.88. The first-order valence-electron chi connectivity index (χ1n) is 7.64. The molecule has 0 spiro atoms. The average Bonchev–Trinajstić information content (AvgIpc) is 2.54. The van der Waals surface area contributed by atoms with Crippen molar-refractivity contribution in [3.63, 3.8) is 0 Å². The van der Waals surface area contributed by atoms with Gasteiger partial charge in [0.2, 0.25) is 11.9 Å². The number of nitrogens with one attached hydrogen (secondary N) is 2. The van der Waals surface area contributed by atoms with E-state index in [1.807, 2.05) is 36.2 Å². The van der Waals surface area contributed by atoms with Crippen molar-refractivity contribution in [1.82, 2.24) is 15.2 Å². The molecule has 0 aliphatic rings. The van der Waals surface area contributed by atoms with Crippen LogP contribution in [-0.2, 0) is 4.79 Å². The molecule has 2 N–H and O–H groups in total. The van der Waals surface area contributed by atoms with Gasteiger partial charge in [-0.25, -0.2) is 0 Å². The highest BCUT2D eigenvalue weighted by Gasteiger charge is 2.06. The number of amides is 1. The molecule has 7 heteroatoms. The van der Waals surface area contributed by atoms with Gasteiger partial charge in [-0.3, -0.25) is 4.79 Å². The minimum atomic E-state index is -0.0922. The summed E-state index contributed by atoms with van der Waals surface area (Å²) in [7, 11) is 1.96. The van der Waals surface area contributed by atoms with Crippen LogP contribution in [0.2, 0.25) is 0 Å². The third-order valence-electron chi connectivity index (χ3n) is 3.21. The molecule has 1 amide bonds. The van der Waals surface area contributed by atoms with Crippen LogP contribution in [0.4, 0.5) is 23.1 Å². The average molecular weight is 314 g/mol. The second-order valence-corrected chi connectivity index (χ2v) is 5.30. The van der Waals surface area contributed by atoms with Crippen LogP contribution in [-0.4, -0.2) is 34.7 Å². The van der Waals surface area contributed by atoms with E-state index in [4.69, 9.17) is 0 Å². The van der Waals surface area contributed by atoms with Gasteiger partial charge in [-0.1, -0.05) is 13.3 Å². The van der Waals surface area contributed by atoms with Gasteiger partial charge >= 0.3 is 0 Å². The van der Waals surface area contributed by atoms with E-state index in [1.165, 1.54) is 6.92 Å². The molecule has 1 aromatic heterocycles. The number of benzene rings is 1. The van der Waals surface area contributed by atoms with Crippen molar-refractivity contribution in [3.05, 3.63) is 30.5 Å². The Morgan fingerprint density at radius 2 is 1.91 bits per heavy atom. The predicted octanol–water partition coefficient (Wildman–Crippen LogP) is 2.81. The lowest BCUT2D eigenvalue weighted by Crippen LogP contribution is -2.21. The van der Waals surface area contributed by atoms with E-state index < -0.39 is 0 Å². The zero-order chi connectivity index (χ0) is 16.7. The Bertz CT molecular complexity index is 643. The van der Waals surface area contributed by atoms with Crippen molar-refractivity contribution < 1.29 is 4.79 Å². The Labute approximate surface area is 136 Å². The molecule has 0 aliphatic heterocycles. The number of rotatable bonds is 7. The largest absolute Gasteiger partial charge is 0.343 e. The summed E-state index contributed by atoms with van der Waals surface area (Å²) < 4.78 is 0. The molecule has 0 radical (unpaired) electrons. The first-order valence-corrected chi connectivity index (χ1v) is 7.64. The van der Waals surface area contributed by atoms with E-state index in [0.717, 1.165) is 30.8 Å². The molecule has 0 atom stereocenters. The van der Waals surface area contributed by atoms with E-state index in [2.05, 4.69) is 32.7 Å². The molecule has 2 aromatic rings. The van der Waals surface area contributed by atoms with Gasteiger partial charge in [-0.15, -0.1) is 5.10 Å². The SMILES string of the molecule is CCCCN(C)c1nncc(Nc2ccc(NC(C)=O)cc2)n1. The number of hydrogen-bond acceptors (Lipinski definition) is 6. The van der Waals surface area contributed by atoms with Crippen LogP contribution in [0, 0.1) is 0 Å². The molecule has 122 valence electrons. The van der Waals surface area contributed by atoms with Gasteiger partial charge in [0.05, 0.1) is 6.20 Å². The van der Waals surface area contributed by atoms with E-state index in [9.17, 15) is 4.79 Å². The molecule has 1 heterocycles. The maximum absolute atomic E-state index is 11.0. The van der Waals surface area contributed by atoms with Gasteiger partial charge in [0.25, 0.3) is 0 Å². The van der Waals surface area contributed by atoms with Gasteiger partial charge in [0.15, 0.2) is 5.82 Å². The summed E-state index contributed by atoms with van der Waals surface area (Å²) in [5, 5.41) is 14.0. The molecule has 0 aliphatic carbocycles. The fraction of sp³-hybridized carbons (Fsp3) is 0.375. The predicted molar refractivity (Wildman–Crippen MR) is 92.0 cm³/mol. The van der Waals surface area contributed by atoms with Crippen LogP contribution in [0.3, 0.4) is 0 Å². The summed E-state index contributed by atoms with van der Waals surface area (Å²) >= 11 is 0. The van der Waals surface area contributed by atoms with Crippen LogP contribution in [0.25, 0.3) is 0 Å². The van der Waals surface area contributed by atoms with Crippen molar-refractivity contribution in [2.45, 2.75) is 26.7 Å². The van der Waals surface area contributed by atoms with Crippen molar-refractivity contribution in [2.75, 3.05) is 29.1 Å². The summed E-state index contributed by atoms with van der Waals surface area (Å²) in [5.41, 5.74) is 1.62. The van der Waals surface area contributed by atoms with Crippen molar-refractivity contribution in [1.29, 1.82) is 0 Å². The molecule has 0 saturated heterocycles. The normalized spacial score (nSPS) is 10.2. The Morgan fingerprint density at radius 3 is 2.57 bits per heavy atom. The fourth-order valence-corrected chi connectivity index (χ4v) is 2.00. The number of carbonyl (C=O) groups is 1. The van der Waals surface area contributed by atoms with E-state index in [1.54, 1.807) is 6.20 Å². The molecule has 0 bridgehead atoms. The summed E-state index contributed by atoms with van der Waals surface area (Å²) in [5.74, 6) is 1.13. The Balaban J connectivity index is 2.03. The minimum absolute atomic E-state index is 0.0922. The van der Waals surface area contributed by atoms with Gasteiger partial charge in [0, 0.05) is 31.9 Å². The zero-order valence-corrected chi connectivity index (χ0v) is 13.7. The van der Waals surface area contributed by atoms with E-state index >= 15 is 0 Å². The molecule has 0 saturated carbocycles. The summed E-state index contributed by atoms with van der Waals surface area (Å²) in [6.07, 6.45) is 3.79. The second kappa shape index (κ2) is 8.07. The molecule has 0 unspecified atom stereocenters. The number of hydrogen-bond donors (Lipinski definition) is 2. The Hall–Kier alpha value is -2.70. The Morgan fingerprint density at radius 1 is 1.22 bits per heavy atom. The third-order valence-corrected chi connectivity index (χ3v) is 3.21. The first kappa shape index (κ1) is 16.7. The highest BCUT2D eigenvalue weighted by Crippen LogP contribution is 2.18. The maximum atomic E-state index is 11.0. The summed E-state index contributed by atoms with van der Waals surface area (Å²) in [4.78, 5) is 17.5. The molecule has 1 aromatic carbocycles. The summed E-state index contributed by atoms with van der Waals surface area (Å²) in [6, 6.07) is 7.39.